The van der Waals surface area contributed by atoms with Crippen LogP contribution in [0.2, 0.25) is 0 Å². The average molecular weight is 267 g/mol. The van der Waals surface area contributed by atoms with Crippen molar-refractivity contribution < 1.29 is 14.0 Å². The van der Waals surface area contributed by atoms with Crippen LogP contribution >= 0.6 is 0 Å². The van der Waals surface area contributed by atoms with Gasteiger partial charge in [-0.2, -0.15) is 0 Å². The highest BCUT2D eigenvalue weighted by Gasteiger charge is 2.47. The summed E-state index contributed by atoms with van der Waals surface area (Å²) in [5, 5.41) is 2.38. The number of carbonyl (C=O) groups excluding carboxylic acids is 2. The molecule has 2 aromatic carbocycles. The molecule has 1 heterocycles. The van der Waals surface area contributed by atoms with Gasteiger partial charge in [-0.1, -0.05) is 30.3 Å². The van der Waals surface area contributed by atoms with Crippen molar-refractivity contribution >= 4 is 11.8 Å². The Hall–Kier alpha value is -2.49. The molecule has 1 saturated heterocycles. The molecule has 98 valence electrons. The van der Waals surface area contributed by atoms with Crippen LogP contribution in [-0.4, -0.2) is 11.8 Å². The minimum absolute atomic E-state index is 0.276. The topological polar surface area (TPSA) is 46.2 Å². The molecule has 1 aliphatic carbocycles. The van der Waals surface area contributed by atoms with E-state index >= 15 is 0 Å². The number of imide groups is 1. The molecule has 2 aliphatic rings. The predicted octanol–water partition coefficient (Wildman–Crippen LogP) is 2.33. The highest BCUT2D eigenvalue weighted by Crippen LogP contribution is 2.49. The second kappa shape index (κ2) is 3.76. The Bertz CT molecular complexity index is 769. The van der Waals surface area contributed by atoms with E-state index in [2.05, 4.69) is 5.32 Å². The molecule has 4 rings (SSSR count). The number of nitrogens with one attached hydrogen (secondary N) is 1. The highest BCUT2D eigenvalue weighted by molar-refractivity contribution is 6.12. The van der Waals surface area contributed by atoms with E-state index < -0.39 is 11.8 Å². The molecule has 1 aliphatic heterocycles. The Morgan fingerprint density at radius 1 is 0.850 bits per heavy atom. The van der Waals surface area contributed by atoms with E-state index in [1.807, 2.05) is 24.3 Å². The predicted molar refractivity (Wildman–Crippen MR) is 70.5 cm³/mol. The van der Waals surface area contributed by atoms with Crippen LogP contribution in [0.4, 0.5) is 4.39 Å². The van der Waals surface area contributed by atoms with Crippen molar-refractivity contribution in [2.24, 2.45) is 0 Å². The van der Waals surface area contributed by atoms with Crippen molar-refractivity contribution in [3.63, 3.8) is 0 Å². The van der Waals surface area contributed by atoms with Crippen LogP contribution in [0.25, 0.3) is 11.1 Å². The first-order valence-electron chi connectivity index (χ1n) is 6.40. The molecule has 1 N–H and O–H groups in total. The molecule has 0 aromatic heterocycles. The third-order valence-electron chi connectivity index (χ3n) is 4.08. The Labute approximate surface area is 114 Å². The summed E-state index contributed by atoms with van der Waals surface area (Å²) in [7, 11) is 0. The van der Waals surface area contributed by atoms with Gasteiger partial charge in [0.15, 0.2) is 0 Å². The molecule has 2 amide bonds. The standard InChI is InChI=1S/C16H10FNO2/c17-8-5-6-11-12(7-8)9-3-1-2-4-10(9)13-14(11)16(20)18-15(13)19/h1-7,13-14H,(H,18,19,20). The summed E-state index contributed by atoms with van der Waals surface area (Å²) in [5.74, 6) is -1.98. The van der Waals surface area contributed by atoms with Gasteiger partial charge in [-0.25, -0.2) is 4.39 Å². The van der Waals surface area contributed by atoms with E-state index in [1.165, 1.54) is 12.1 Å². The van der Waals surface area contributed by atoms with Gasteiger partial charge >= 0.3 is 0 Å². The van der Waals surface area contributed by atoms with E-state index in [0.29, 0.717) is 5.56 Å². The fourth-order valence-corrected chi connectivity index (χ4v) is 3.27. The summed E-state index contributed by atoms with van der Waals surface area (Å²) >= 11 is 0. The number of rotatable bonds is 0. The summed E-state index contributed by atoms with van der Waals surface area (Å²) in [6, 6.07) is 11.7. The monoisotopic (exact) mass is 267 g/mol. The molecule has 0 radical (unpaired) electrons. The summed E-state index contributed by atoms with van der Waals surface area (Å²) in [4.78, 5) is 24.1. The van der Waals surface area contributed by atoms with E-state index in [-0.39, 0.29) is 17.6 Å². The number of carbonyl (C=O) groups is 2. The maximum absolute atomic E-state index is 13.5. The lowest BCUT2D eigenvalue weighted by Crippen LogP contribution is -2.21. The van der Waals surface area contributed by atoms with Crippen LogP contribution in [-0.2, 0) is 9.59 Å². The SMILES string of the molecule is O=C1NC(=O)C2c3ccc(F)cc3-c3ccccc3C12. The van der Waals surface area contributed by atoms with Crippen molar-refractivity contribution in [3.8, 4) is 11.1 Å². The van der Waals surface area contributed by atoms with Crippen LogP contribution < -0.4 is 5.32 Å². The van der Waals surface area contributed by atoms with Crippen LogP contribution in [0, 0.1) is 5.82 Å². The normalized spacial score (nSPS) is 22.9. The molecule has 3 nitrogen and oxygen atoms in total. The largest absolute Gasteiger partial charge is 0.295 e. The second-order valence-electron chi connectivity index (χ2n) is 5.13. The van der Waals surface area contributed by atoms with Crippen molar-refractivity contribution in [2.45, 2.75) is 11.8 Å². The minimum atomic E-state index is -0.548. The summed E-state index contributed by atoms with van der Waals surface area (Å²) < 4.78 is 13.5. The van der Waals surface area contributed by atoms with E-state index in [1.54, 1.807) is 6.07 Å². The molecule has 0 saturated carbocycles. The first kappa shape index (κ1) is 11.3. The summed E-state index contributed by atoms with van der Waals surface area (Å²) in [6.45, 7) is 0. The van der Waals surface area contributed by atoms with Gasteiger partial charge in [-0.05, 0) is 34.4 Å². The van der Waals surface area contributed by atoms with E-state index in [9.17, 15) is 14.0 Å². The lowest BCUT2D eigenvalue weighted by Gasteiger charge is -2.27. The van der Waals surface area contributed by atoms with Crippen molar-refractivity contribution in [3.05, 3.63) is 59.4 Å². The highest BCUT2D eigenvalue weighted by atomic mass is 19.1. The van der Waals surface area contributed by atoms with E-state index in [4.69, 9.17) is 0 Å². The smallest absolute Gasteiger partial charge is 0.235 e. The lowest BCUT2D eigenvalue weighted by molar-refractivity contribution is -0.125. The summed E-state index contributed by atoms with van der Waals surface area (Å²) in [6.07, 6.45) is 0. The number of hydrogen-bond donors (Lipinski definition) is 1. The van der Waals surface area contributed by atoms with Crippen LogP contribution in [0.5, 0.6) is 0 Å². The van der Waals surface area contributed by atoms with Crippen molar-refractivity contribution in [2.75, 3.05) is 0 Å². The molecule has 0 bridgehead atoms. The van der Waals surface area contributed by atoms with Crippen LogP contribution in [0.1, 0.15) is 23.0 Å². The Morgan fingerprint density at radius 2 is 1.50 bits per heavy atom. The van der Waals surface area contributed by atoms with E-state index in [0.717, 1.165) is 16.7 Å². The van der Waals surface area contributed by atoms with Crippen LogP contribution in [0.3, 0.4) is 0 Å². The molecule has 4 heteroatoms. The summed E-state index contributed by atoms with van der Waals surface area (Å²) in [5.41, 5.74) is 3.04. The number of halogens is 1. The van der Waals surface area contributed by atoms with Gasteiger partial charge in [-0.15, -0.1) is 0 Å². The molecule has 2 atom stereocenters. The molecular weight excluding hydrogens is 257 g/mol. The van der Waals surface area contributed by atoms with Gasteiger partial charge in [0.2, 0.25) is 11.8 Å². The molecular formula is C16H10FNO2. The van der Waals surface area contributed by atoms with Crippen molar-refractivity contribution in [1.29, 1.82) is 0 Å². The number of benzene rings is 2. The lowest BCUT2D eigenvalue weighted by atomic mass is 9.73. The molecule has 20 heavy (non-hydrogen) atoms. The third-order valence-corrected chi connectivity index (χ3v) is 4.08. The number of amides is 2. The zero-order valence-corrected chi connectivity index (χ0v) is 10.4. The first-order valence-corrected chi connectivity index (χ1v) is 6.40. The third kappa shape index (κ3) is 1.33. The Balaban J connectivity index is 2.08. The van der Waals surface area contributed by atoms with Gasteiger partial charge in [-0.3, -0.25) is 14.9 Å². The molecule has 0 spiro atoms. The Kier molecular flexibility index (Phi) is 2.13. The number of hydrogen-bond acceptors (Lipinski definition) is 2. The minimum Gasteiger partial charge on any atom is -0.295 e. The van der Waals surface area contributed by atoms with Crippen molar-refractivity contribution in [1.82, 2.24) is 5.32 Å². The number of fused-ring (bicyclic) bond motifs is 6. The van der Waals surface area contributed by atoms with Gasteiger partial charge < -0.3 is 0 Å². The van der Waals surface area contributed by atoms with Crippen LogP contribution in [0.15, 0.2) is 42.5 Å². The Morgan fingerprint density at radius 3 is 2.25 bits per heavy atom. The molecule has 2 aromatic rings. The molecule has 1 fully saturated rings. The average Bonchev–Trinajstić information content (AvgIpc) is 2.74. The fourth-order valence-electron chi connectivity index (χ4n) is 3.27. The van der Waals surface area contributed by atoms with Gasteiger partial charge in [0.1, 0.15) is 5.82 Å². The molecule has 2 unspecified atom stereocenters. The van der Waals surface area contributed by atoms with Gasteiger partial charge in [0.05, 0.1) is 11.8 Å². The van der Waals surface area contributed by atoms with Gasteiger partial charge in [0, 0.05) is 0 Å². The maximum atomic E-state index is 13.5. The van der Waals surface area contributed by atoms with Gasteiger partial charge in [0.25, 0.3) is 0 Å². The first-order chi connectivity index (χ1) is 9.66. The zero-order chi connectivity index (χ0) is 13.9. The maximum Gasteiger partial charge on any atom is 0.235 e. The fraction of sp³-hybridized carbons (Fsp3) is 0.125. The zero-order valence-electron chi connectivity index (χ0n) is 10.4. The second-order valence-corrected chi connectivity index (χ2v) is 5.13. The quantitative estimate of drug-likeness (QED) is 0.745.